The molecule has 2 amide bonds. The second-order valence-electron chi connectivity index (χ2n) is 3.73. The van der Waals surface area contributed by atoms with Gasteiger partial charge in [-0.05, 0) is 11.6 Å². The number of carbonyl (C=O) groups is 2. The molecular weight excluding hydrogens is 270 g/mol. The Balaban J connectivity index is 1.99. The first kappa shape index (κ1) is 13.0. The van der Waals surface area contributed by atoms with E-state index in [4.69, 9.17) is 17.3 Å². The van der Waals surface area contributed by atoms with Crippen molar-refractivity contribution in [2.24, 2.45) is 5.73 Å². The summed E-state index contributed by atoms with van der Waals surface area (Å²) in [5.41, 5.74) is 5.87. The number of anilines is 1. The first-order valence-electron chi connectivity index (χ1n) is 5.29. The topological polar surface area (TPSA) is 114 Å². The van der Waals surface area contributed by atoms with Gasteiger partial charge in [0.25, 0.3) is 5.91 Å². The third-order valence-corrected chi connectivity index (χ3v) is 2.59. The van der Waals surface area contributed by atoms with E-state index in [1.807, 2.05) is 0 Å². The Kier molecular flexibility index (Phi) is 3.76. The number of nitrogens with zero attached hydrogens (tertiary/aromatic N) is 2. The van der Waals surface area contributed by atoms with Crippen molar-refractivity contribution in [1.29, 1.82) is 0 Å². The maximum absolute atomic E-state index is 11.7. The lowest BCUT2D eigenvalue weighted by atomic mass is 10.2. The van der Waals surface area contributed by atoms with Gasteiger partial charge in [0.2, 0.25) is 5.91 Å². The molecule has 0 unspecified atom stereocenters. The van der Waals surface area contributed by atoms with Gasteiger partial charge >= 0.3 is 0 Å². The molecule has 4 N–H and O–H groups in total. The van der Waals surface area contributed by atoms with Crippen LogP contribution in [0.15, 0.2) is 24.5 Å². The van der Waals surface area contributed by atoms with E-state index in [-0.39, 0.29) is 18.0 Å². The fourth-order valence-electron chi connectivity index (χ4n) is 1.40. The van der Waals surface area contributed by atoms with Gasteiger partial charge in [0.1, 0.15) is 16.5 Å². The summed E-state index contributed by atoms with van der Waals surface area (Å²) in [5, 5.41) is 9.13. The molecule has 0 aliphatic heterocycles. The van der Waals surface area contributed by atoms with E-state index < -0.39 is 5.91 Å². The number of H-pyrrole nitrogens is 1. The van der Waals surface area contributed by atoms with Crippen molar-refractivity contribution >= 4 is 29.2 Å². The van der Waals surface area contributed by atoms with Crippen molar-refractivity contribution in [3.05, 3.63) is 40.8 Å². The molecular formula is C11H10ClN5O2. The van der Waals surface area contributed by atoms with Crippen LogP contribution in [0.2, 0.25) is 5.02 Å². The monoisotopic (exact) mass is 279 g/mol. The van der Waals surface area contributed by atoms with Crippen molar-refractivity contribution in [3.8, 4) is 0 Å². The van der Waals surface area contributed by atoms with Crippen LogP contribution in [0.1, 0.15) is 16.1 Å². The summed E-state index contributed by atoms with van der Waals surface area (Å²) in [5.74, 6) is -0.548. The quantitative estimate of drug-likeness (QED) is 0.766. The Morgan fingerprint density at radius 1 is 1.37 bits per heavy atom. The van der Waals surface area contributed by atoms with Gasteiger partial charge in [0.05, 0.1) is 12.6 Å². The Hall–Kier alpha value is -2.41. The highest BCUT2D eigenvalue weighted by atomic mass is 35.5. The van der Waals surface area contributed by atoms with Gasteiger partial charge in [-0.15, -0.1) is 0 Å². The van der Waals surface area contributed by atoms with Gasteiger partial charge < -0.3 is 11.1 Å². The van der Waals surface area contributed by atoms with Crippen molar-refractivity contribution < 1.29 is 9.59 Å². The van der Waals surface area contributed by atoms with Crippen molar-refractivity contribution in [2.75, 3.05) is 5.32 Å². The van der Waals surface area contributed by atoms with Crippen LogP contribution in [0.3, 0.4) is 0 Å². The number of halogens is 1. The summed E-state index contributed by atoms with van der Waals surface area (Å²) in [6.07, 6.45) is 2.91. The van der Waals surface area contributed by atoms with Gasteiger partial charge in [-0.2, -0.15) is 5.10 Å². The molecule has 0 aliphatic rings. The molecule has 2 heterocycles. The Bertz CT molecular complexity index is 608. The van der Waals surface area contributed by atoms with E-state index in [9.17, 15) is 9.59 Å². The minimum Gasteiger partial charge on any atom is -0.364 e. The number of aromatic amines is 1. The Morgan fingerprint density at radius 2 is 2.16 bits per heavy atom. The Morgan fingerprint density at radius 3 is 2.68 bits per heavy atom. The number of nitrogens with one attached hydrogen (secondary N) is 2. The number of rotatable bonds is 4. The van der Waals surface area contributed by atoms with E-state index >= 15 is 0 Å². The highest BCUT2D eigenvalue weighted by Gasteiger charge is 2.09. The lowest BCUT2D eigenvalue weighted by Gasteiger charge is -2.03. The average Bonchev–Trinajstić information content (AvgIpc) is 2.75. The molecule has 0 radical (unpaired) electrons. The number of pyridine rings is 1. The standard InChI is InChI=1S/C11H10ClN5O2/c12-7-5-15-17-11(7)16-9(18)3-6-1-2-8(10(13)19)14-4-6/h1-2,4-5H,3H2,(H2,13,19)(H2,15,16,17,18). The van der Waals surface area contributed by atoms with Crippen LogP contribution in [0.5, 0.6) is 0 Å². The van der Waals surface area contributed by atoms with E-state index in [1.165, 1.54) is 18.5 Å². The number of carbonyl (C=O) groups excluding carboxylic acids is 2. The molecule has 2 aromatic rings. The van der Waals surface area contributed by atoms with Crippen LogP contribution in [0, 0.1) is 0 Å². The molecule has 0 saturated carbocycles. The van der Waals surface area contributed by atoms with E-state index in [0.717, 1.165) is 0 Å². The fraction of sp³-hybridized carbons (Fsp3) is 0.0909. The average molecular weight is 280 g/mol. The minimum absolute atomic E-state index is 0.0986. The largest absolute Gasteiger partial charge is 0.364 e. The molecule has 2 rings (SSSR count). The van der Waals surface area contributed by atoms with Crippen LogP contribution in [-0.4, -0.2) is 27.0 Å². The van der Waals surface area contributed by atoms with Crippen LogP contribution in [0.4, 0.5) is 5.82 Å². The summed E-state index contributed by atoms with van der Waals surface area (Å²) < 4.78 is 0. The molecule has 0 aromatic carbocycles. The highest BCUT2D eigenvalue weighted by molar-refractivity contribution is 6.33. The summed E-state index contributed by atoms with van der Waals surface area (Å²) in [7, 11) is 0. The normalized spacial score (nSPS) is 10.2. The first-order valence-corrected chi connectivity index (χ1v) is 5.67. The third kappa shape index (κ3) is 3.29. The van der Waals surface area contributed by atoms with Crippen LogP contribution < -0.4 is 11.1 Å². The van der Waals surface area contributed by atoms with Gasteiger partial charge in [-0.1, -0.05) is 17.7 Å². The summed E-state index contributed by atoms with van der Waals surface area (Å²) in [4.78, 5) is 26.4. The van der Waals surface area contributed by atoms with Crippen molar-refractivity contribution in [3.63, 3.8) is 0 Å². The number of hydrogen-bond acceptors (Lipinski definition) is 4. The molecule has 7 nitrogen and oxygen atoms in total. The third-order valence-electron chi connectivity index (χ3n) is 2.30. The van der Waals surface area contributed by atoms with Gasteiger partial charge in [-0.25, -0.2) is 0 Å². The number of amides is 2. The summed E-state index contributed by atoms with van der Waals surface area (Å²) in [6.45, 7) is 0. The first-order chi connectivity index (χ1) is 9.06. The van der Waals surface area contributed by atoms with Gasteiger partial charge in [0, 0.05) is 6.20 Å². The predicted octanol–water partition coefficient (Wildman–Crippen LogP) is 0.738. The maximum atomic E-state index is 11.7. The molecule has 0 fully saturated rings. The number of aromatic nitrogens is 3. The van der Waals surface area contributed by atoms with Crippen LogP contribution in [-0.2, 0) is 11.2 Å². The molecule has 0 bridgehead atoms. The fourth-order valence-corrected chi connectivity index (χ4v) is 1.54. The molecule has 0 saturated heterocycles. The minimum atomic E-state index is -0.611. The van der Waals surface area contributed by atoms with Crippen molar-refractivity contribution in [2.45, 2.75) is 6.42 Å². The lowest BCUT2D eigenvalue weighted by molar-refractivity contribution is -0.115. The molecule has 0 aliphatic carbocycles. The molecule has 0 atom stereocenters. The summed E-state index contributed by atoms with van der Waals surface area (Å²) in [6, 6.07) is 3.08. The van der Waals surface area contributed by atoms with E-state index in [1.54, 1.807) is 6.07 Å². The molecule has 19 heavy (non-hydrogen) atoms. The van der Waals surface area contributed by atoms with Crippen LogP contribution >= 0.6 is 11.6 Å². The van der Waals surface area contributed by atoms with Crippen molar-refractivity contribution in [1.82, 2.24) is 15.2 Å². The van der Waals surface area contributed by atoms with Crippen LogP contribution in [0.25, 0.3) is 0 Å². The molecule has 0 spiro atoms. The number of primary amides is 1. The van der Waals surface area contributed by atoms with Gasteiger partial charge in [0.15, 0.2) is 0 Å². The molecule has 8 heteroatoms. The number of nitrogens with two attached hydrogens (primary N) is 1. The zero-order chi connectivity index (χ0) is 13.8. The smallest absolute Gasteiger partial charge is 0.267 e. The zero-order valence-corrected chi connectivity index (χ0v) is 10.4. The molecule has 2 aromatic heterocycles. The van der Waals surface area contributed by atoms with E-state index in [0.29, 0.717) is 16.4 Å². The van der Waals surface area contributed by atoms with Gasteiger partial charge in [-0.3, -0.25) is 19.7 Å². The zero-order valence-electron chi connectivity index (χ0n) is 9.68. The SMILES string of the molecule is NC(=O)c1ccc(CC(=O)Nc2[nH]ncc2Cl)cn1. The summed E-state index contributed by atoms with van der Waals surface area (Å²) >= 11 is 5.77. The second kappa shape index (κ2) is 5.49. The Labute approximate surface area is 113 Å². The lowest BCUT2D eigenvalue weighted by Crippen LogP contribution is -2.16. The number of hydrogen-bond donors (Lipinski definition) is 3. The highest BCUT2D eigenvalue weighted by Crippen LogP contribution is 2.17. The van der Waals surface area contributed by atoms with E-state index in [2.05, 4.69) is 20.5 Å². The maximum Gasteiger partial charge on any atom is 0.267 e. The molecule has 98 valence electrons. The second-order valence-corrected chi connectivity index (χ2v) is 4.14. The predicted molar refractivity (Wildman–Crippen MR) is 68.7 cm³/mol.